The Balaban J connectivity index is 2.31. The molecule has 0 aliphatic carbocycles. The number of phenols is 2. The maximum absolute atomic E-state index is 12.6. The van der Waals surface area contributed by atoms with E-state index in [4.69, 9.17) is 9.57 Å². The first-order valence-electron chi connectivity index (χ1n) is 11.2. The molecule has 0 radical (unpaired) electrons. The lowest BCUT2D eigenvalue weighted by atomic mass is 10.00. The molecular weight excluding hydrogens is 424 g/mol. The summed E-state index contributed by atoms with van der Waals surface area (Å²) in [5.74, 6) is -1.43. The number of hydrogen-bond acceptors (Lipinski definition) is 7. The normalized spacial score (nSPS) is 18.4. The Kier molecular flexibility index (Phi) is 9.97. The first kappa shape index (κ1) is 26.0. The molecular formula is C25H34N2O6. The van der Waals surface area contributed by atoms with Gasteiger partial charge in [0, 0.05) is 24.6 Å². The van der Waals surface area contributed by atoms with E-state index in [9.17, 15) is 19.8 Å². The molecule has 1 amide bonds. The number of carbonyl (C=O) groups is 2. The van der Waals surface area contributed by atoms with E-state index in [1.165, 1.54) is 6.07 Å². The molecule has 0 bridgehead atoms. The highest BCUT2D eigenvalue weighted by Crippen LogP contribution is 2.29. The highest BCUT2D eigenvalue weighted by Gasteiger charge is 2.22. The molecule has 2 rings (SSSR count). The van der Waals surface area contributed by atoms with E-state index in [0.717, 1.165) is 18.9 Å². The van der Waals surface area contributed by atoms with Gasteiger partial charge in [-0.2, -0.15) is 0 Å². The Hall–Kier alpha value is -3.29. The molecule has 1 heterocycles. The molecule has 33 heavy (non-hydrogen) atoms. The lowest BCUT2D eigenvalue weighted by Gasteiger charge is -2.30. The second-order valence-electron chi connectivity index (χ2n) is 8.40. The number of fused-ring (bicyclic) bond motifs is 1. The van der Waals surface area contributed by atoms with Crippen LogP contribution in [-0.2, 0) is 20.8 Å². The van der Waals surface area contributed by atoms with Crippen LogP contribution in [0.3, 0.4) is 0 Å². The third-order valence-electron chi connectivity index (χ3n) is 5.02. The summed E-state index contributed by atoms with van der Waals surface area (Å²) < 4.78 is 5.28. The lowest BCUT2D eigenvalue weighted by Crippen LogP contribution is -2.43. The number of nitrogens with zero attached hydrogens (tertiary/aromatic N) is 2. The van der Waals surface area contributed by atoms with Crippen molar-refractivity contribution in [3.63, 3.8) is 0 Å². The maximum Gasteiger partial charge on any atom is 0.342 e. The molecule has 0 spiro atoms. The van der Waals surface area contributed by atoms with Gasteiger partial charge in [-0.3, -0.25) is 4.79 Å². The van der Waals surface area contributed by atoms with Crippen molar-refractivity contribution in [2.75, 3.05) is 13.2 Å². The van der Waals surface area contributed by atoms with Crippen LogP contribution in [0.5, 0.6) is 11.5 Å². The maximum atomic E-state index is 12.6. The van der Waals surface area contributed by atoms with Crippen molar-refractivity contribution >= 4 is 17.6 Å². The van der Waals surface area contributed by atoms with Gasteiger partial charge in [0.2, 0.25) is 0 Å². The van der Waals surface area contributed by atoms with Gasteiger partial charge in [-0.15, -0.1) is 0 Å². The smallest absolute Gasteiger partial charge is 0.342 e. The molecule has 8 heteroatoms. The minimum Gasteiger partial charge on any atom is -0.508 e. The minimum absolute atomic E-state index is 0.0277. The van der Waals surface area contributed by atoms with Crippen LogP contribution >= 0.6 is 0 Å². The van der Waals surface area contributed by atoms with Crippen LogP contribution in [0.4, 0.5) is 0 Å². The van der Waals surface area contributed by atoms with Gasteiger partial charge in [-0.05, 0) is 64.7 Å². The van der Waals surface area contributed by atoms with Crippen LogP contribution in [0.25, 0.3) is 0 Å². The molecule has 0 fully saturated rings. The molecule has 0 saturated carbocycles. The van der Waals surface area contributed by atoms with Gasteiger partial charge in [-0.1, -0.05) is 23.4 Å². The van der Waals surface area contributed by atoms with E-state index in [-0.39, 0.29) is 54.7 Å². The quantitative estimate of drug-likeness (QED) is 0.390. The Morgan fingerprint density at radius 1 is 1.09 bits per heavy atom. The Labute approximate surface area is 195 Å². The summed E-state index contributed by atoms with van der Waals surface area (Å²) in [6.45, 7) is 7.71. The molecule has 1 aliphatic heterocycles. The van der Waals surface area contributed by atoms with Crippen molar-refractivity contribution in [3.05, 3.63) is 47.6 Å². The Bertz CT molecular complexity index is 910. The number of aromatic hydroxyl groups is 2. The number of hydrogen-bond donors (Lipinski definition) is 2. The van der Waals surface area contributed by atoms with Gasteiger partial charge in [0.05, 0.1) is 12.3 Å². The van der Waals surface area contributed by atoms with E-state index in [0.29, 0.717) is 17.7 Å². The average Bonchev–Trinajstić information content (AvgIpc) is 2.70. The average molecular weight is 459 g/mol. The summed E-state index contributed by atoms with van der Waals surface area (Å²) in [5.41, 5.74) is 0.745. The Morgan fingerprint density at radius 2 is 1.76 bits per heavy atom. The van der Waals surface area contributed by atoms with Crippen molar-refractivity contribution in [2.45, 2.75) is 65.5 Å². The Morgan fingerprint density at radius 3 is 2.45 bits per heavy atom. The molecule has 0 saturated heterocycles. The molecule has 8 nitrogen and oxygen atoms in total. The molecule has 1 aromatic rings. The third kappa shape index (κ3) is 7.97. The minimum atomic E-state index is -0.683. The van der Waals surface area contributed by atoms with Crippen LogP contribution in [0.15, 0.2) is 41.6 Å². The van der Waals surface area contributed by atoms with Crippen molar-refractivity contribution in [2.24, 2.45) is 5.16 Å². The second kappa shape index (κ2) is 12.7. The molecule has 0 unspecified atom stereocenters. The van der Waals surface area contributed by atoms with Crippen molar-refractivity contribution in [1.29, 1.82) is 0 Å². The zero-order valence-corrected chi connectivity index (χ0v) is 19.8. The number of phenolic OH excluding ortho intramolecular Hbond substituents is 2. The molecule has 180 valence electrons. The predicted molar refractivity (Wildman–Crippen MR) is 126 cm³/mol. The van der Waals surface area contributed by atoms with Crippen LogP contribution in [0.2, 0.25) is 0 Å². The summed E-state index contributed by atoms with van der Waals surface area (Å²) in [6, 6.07) is 2.53. The summed E-state index contributed by atoms with van der Waals surface area (Å²) in [7, 11) is 0. The summed E-state index contributed by atoms with van der Waals surface area (Å²) in [5, 5.41) is 24.4. The van der Waals surface area contributed by atoms with Crippen molar-refractivity contribution in [3.8, 4) is 11.5 Å². The van der Waals surface area contributed by atoms with E-state index in [1.807, 2.05) is 45.9 Å². The number of benzene rings is 1. The zero-order chi connectivity index (χ0) is 24.4. The highest BCUT2D eigenvalue weighted by atomic mass is 16.6. The predicted octanol–water partition coefficient (Wildman–Crippen LogP) is 4.11. The van der Waals surface area contributed by atoms with Crippen molar-refractivity contribution in [1.82, 2.24) is 4.90 Å². The molecule has 0 aromatic heterocycles. The number of esters is 1. The largest absolute Gasteiger partial charge is 0.508 e. The third-order valence-corrected chi connectivity index (χ3v) is 5.02. The molecule has 1 aliphatic rings. The highest BCUT2D eigenvalue weighted by molar-refractivity contribution is 6.00. The van der Waals surface area contributed by atoms with Gasteiger partial charge < -0.3 is 24.7 Å². The van der Waals surface area contributed by atoms with E-state index < -0.39 is 5.97 Å². The van der Waals surface area contributed by atoms with Gasteiger partial charge in [-0.25, -0.2) is 4.79 Å². The van der Waals surface area contributed by atoms with Gasteiger partial charge in [0.15, 0.2) is 6.61 Å². The van der Waals surface area contributed by atoms with Crippen LogP contribution in [0, 0.1) is 0 Å². The topological polar surface area (TPSA) is 109 Å². The summed E-state index contributed by atoms with van der Waals surface area (Å²) in [4.78, 5) is 32.2. The second-order valence-corrected chi connectivity index (χ2v) is 8.40. The fourth-order valence-corrected chi connectivity index (χ4v) is 3.72. The first-order valence-corrected chi connectivity index (χ1v) is 11.2. The fourth-order valence-electron chi connectivity index (χ4n) is 3.72. The van der Waals surface area contributed by atoms with Crippen molar-refractivity contribution < 1.29 is 29.4 Å². The van der Waals surface area contributed by atoms with E-state index in [1.54, 1.807) is 11.0 Å². The number of amides is 1. The first-order chi connectivity index (χ1) is 15.7. The molecule has 2 N–H and O–H groups in total. The van der Waals surface area contributed by atoms with Gasteiger partial charge in [0.1, 0.15) is 17.1 Å². The lowest BCUT2D eigenvalue weighted by molar-refractivity contribution is -0.139. The van der Waals surface area contributed by atoms with Crippen LogP contribution < -0.4 is 0 Å². The number of allylic oxidation sites excluding steroid dienone is 3. The summed E-state index contributed by atoms with van der Waals surface area (Å²) in [6.07, 6.45) is 9.86. The number of ether oxygens (including phenoxy) is 1. The fraction of sp³-hybridized carbons (Fsp3) is 0.480. The number of cyclic esters (lactones) is 1. The van der Waals surface area contributed by atoms with E-state index >= 15 is 0 Å². The molecule has 1 aromatic carbocycles. The SMILES string of the molecule is CC(C)N(C(=O)CO/N=C1/C=C/CC/C=C/CCOC(=O)c2c(O)cc(O)cc2C1)C(C)C. The standard InChI is InChI=1S/C25H34N2O6/c1-17(2)27(18(3)4)23(30)16-33-26-20-11-9-7-5-6-8-10-12-32-25(31)24-19(13-20)14-21(28)15-22(24)29/h6,8-9,11,14-15,17-18,28-29H,5,7,10,12-13,16H2,1-4H3/b8-6+,11-9+,26-20-. The van der Waals surface area contributed by atoms with Gasteiger partial charge in [0.25, 0.3) is 5.91 Å². The monoisotopic (exact) mass is 458 g/mol. The zero-order valence-electron chi connectivity index (χ0n) is 19.8. The molecule has 0 atom stereocenters. The number of rotatable bonds is 5. The van der Waals surface area contributed by atoms with Crippen LogP contribution in [-0.4, -0.2) is 58.0 Å². The number of carbonyl (C=O) groups excluding carboxylic acids is 2. The summed E-state index contributed by atoms with van der Waals surface area (Å²) >= 11 is 0. The van der Waals surface area contributed by atoms with Gasteiger partial charge >= 0.3 is 5.97 Å². The van der Waals surface area contributed by atoms with E-state index in [2.05, 4.69) is 5.16 Å². The van der Waals surface area contributed by atoms with Crippen LogP contribution in [0.1, 0.15) is 62.9 Å². The number of oxime groups is 1.